The molecular weight excluding hydrogens is 337 g/mol. The SMILES string of the molecule is NCc1c(Cl)cccc1Oc1ccc(Br)cc1Cl. The van der Waals surface area contributed by atoms with Gasteiger partial charge in [-0.3, -0.25) is 0 Å². The van der Waals surface area contributed by atoms with Crippen LogP contribution in [0.1, 0.15) is 5.56 Å². The molecule has 0 amide bonds. The maximum atomic E-state index is 6.10. The van der Waals surface area contributed by atoms with Gasteiger partial charge in [-0.15, -0.1) is 0 Å². The Kier molecular flexibility index (Phi) is 4.51. The molecule has 0 spiro atoms. The second-order valence-corrected chi connectivity index (χ2v) is 5.33. The van der Waals surface area contributed by atoms with Gasteiger partial charge < -0.3 is 10.5 Å². The lowest BCUT2D eigenvalue weighted by Gasteiger charge is -2.12. The van der Waals surface area contributed by atoms with Crippen LogP contribution in [0.15, 0.2) is 40.9 Å². The Bertz CT molecular complexity index is 575. The summed E-state index contributed by atoms with van der Waals surface area (Å²) in [5.41, 5.74) is 6.42. The predicted octanol–water partition coefficient (Wildman–Crippen LogP) is 5.01. The van der Waals surface area contributed by atoms with Gasteiger partial charge in [0, 0.05) is 21.6 Å². The first-order valence-corrected chi connectivity index (χ1v) is 6.77. The number of rotatable bonds is 3. The van der Waals surface area contributed by atoms with Crippen molar-refractivity contribution in [3.05, 3.63) is 56.5 Å². The van der Waals surface area contributed by atoms with Crippen LogP contribution in [-0.4, -0.2) is 0 Å². The van der Waals surface area contributed by atoms with Crippen molar-refractivity contribution in [3.63, 3.8) is 0 Å². The number of ether oxygens (including phenoxy) is 1. The zero-order valence-electron chi connectivity index (χ0n) is 9.29. The van der Waals surface area contributed by atoms with E-state index < -0.39 is 0 Å². The fourth-order valence-electron chi connectivity index (χ4n) is 1.51. The molecule has 0 aliphatic heterocycles. The Labute approximate surface area is 124 Å². The molecule has 2 aromatic carbocycles. The number of halogens is 3. The van der Waals surface area contributed by atoms with Crippen LogP contribution in [-0.2, 0) is 6.54 Å². The monoisotopic (exact) mass is 345 g/mol. The minimum Gasteiger partial charge on any atom is -0.455 e. The molecule has 94 valence electrons. The minimum absolute atomic E-state index is 0.309. The molecule has 2 nitrogen and oxygen atoms in total. The molecule has 2 aromatic rings. The molecule has 0 aliphatic rings. The summed E-state index contributed by atoms with van der Waals surface area (Å²) in [6, 6.07) is 10.8. The summed E-state index contributed by atoms with van der Waals surface area (Å²) < 4.78 is 6.64. The summed E-state index contributed by atoms with van der Waals surface area (Å²) >= 11 is 15.5. The lowest BCUT2D eigenvalue weighted by Crippen LogP contribution is -2.00. The summed E-state index contributed by atoms with van der Waals surface area (Å²) in [5, 5.41) is 1.11. The topological polar surface area (TPSA) is 35.2 Å². The predicted molar refractivity (Wildman–Crippen MR) is 78.6 cm³/mol. The molecule has 0 saturated heterocycles. The van der Waals surface area contributed by atoms with E-state index in [0.29, 0.717) is 28.1 Å². The summed E-state index contributed by atoms with van der Waals surface area (Å²) in [7, 11) is 0. The van der Waals surface area contributed by atoms with Crippen LogP contribution < -0.4 is 10.5 Å². The van der Waals surface area contributed by atoms with Gasteiger partial charge in [0.2, 0.25) is 0 Å². The lowest BCUT2D eigenvalue weighted by atomic mass is 10.2. The largest absolute Gasteiger partial charge is 0.455 e. The average Bonchev–Trinajstić information content (AvgIpc) is 2.33. The number of benzene rings is 2. The maximum Gasteiger partial charge on any atom is 0.146 e. The summed E-state index contributed by atoms with van der Waals surface area (Å²) in [5.74, 6) is 1.19. The zero-order valence-corrected chi connectivity index (χ0v) is 12.4. The lowest BCUT2D eigenvalue weighted by molar-refractivity contribution is 0.476. The van der Waals surface area contributed by atoms with Gasteiger partial charge in [-0.1, -0.05) is 45.2 Å². The van der Waals surface area contributed by atoms with Gasteiger partial charge in [0.1, 0.15) is 11.5 Å². The molecule has 18 heavy (non-hydrogen) atoms. The highest BCUT2D eigenvalue weighted by Crippen LogP contribution is 2.35. The van der Waals surface area contributed by atoms with E-state index in [-0.39, 0.29) is 0 Å². The quantitative estimate of drug-likeness (QED) is 0.848. The summed E-state index contributed by atoms with van der Waals surface area (Å²) in [4.78, 5) is 0. The Hall–Kier alpha value is -0.740. The van der Waals surface area contributed by atoms with Crippen LogP contribution in [0.5, 0.6) is 11.5 Å². The fourth-order valence-corrected chi connectivity index (χ4v) is 2.46. The highest BCUT2D eigenvalue weighted by molar-refractivity contribution is 9.10. The van der Waals surface area contributed by atoms with E-state index in [0.717, 1.165) is 10.0 Å². The van der Waals surface area contributed by atoms with Gasteiger partial charge in [-0.2, -0.15) is 0 Å². The van der Waals surface area contributed by atoms with E-state index in [1.807, 2.05) is 18.2 Å². The van der Waals surface area contributed by atoms with Crippen LogP contribution in [0.3, 0.4) is 0 Å². The van der Waals surface area contributed by atoms with Crippen molar-refractivity contribution in [2.75, 3.05) is 0 Å². The number of nitrogens with two attached hydrogens (primary N) is 1. The summed E-state index contributed by atoms with van der Waals surface area (Å²) in [6.07, 6.45) is 0. The van der Waals surface area contributed by atoms with E-state index in [1.165, 1.54) is 0 Å². The van der Waals surface area contributed by atoms with E-state index in [9.17, 15) is 0 Å². The van der Waals surface area contributed by atoms with Gasteiger partial charge in [0.05, 0.1) is 5.02 Å². The van der Waals surface area contributed by atoms with Crippen molar-refractivity contribution in [2.45, 2.75) is 6.54 Å². The molecule has 2 N–H and O–H groups in total. The second kappa shape index (κ2) is 5.93. The summed E-state index contributed by atoms with van der Waals surface area (Å²) in [6.45, 7) is 0.309. The first kappa shape index (κ1) is 13.7. The Morgan fingerprint density at radius 3 is 2.50 bits per heavy atom. The molecule has 0 bridgehead atoms. The smallest absolute Gasteiger partial charge is 0.146 e. The Morgan fingerprint density at radius 1 is 1.06 bits per heavy atom. The molecule has 0 aliphatic carbocycles. The number of hydrogen-bond donors (Lipinski definition) is 1. The first-order chi connectivity index (χ1) is 8.61. The molecule has 0 atom stereocenters. The van der Waals surface area contributed by atoms with Crippen molar-refractivity contribution in [1.82, 2.24) is 0 Å². The van der Waals surface area contributed by atoms with Crippen molar-refractivity contribution in [2.24, 2.45) is 5.73 Å². The minimum atomic E-state index is 0.309. The Balaban J connectivity index is 2.37. The third-order valence-corrected chi connectivity index (χ3v) is 3.54. The van der Waals surface area contributed by atoms with Crippen molar-refractivity contribution in [1.29, 1.82) is 0 Å². The Morgan fingerprint density at radius 2 is 1.83 bits per heavy atom. The van der Waals surface area contributed by atoms with Crippen molar-refractivity contribution >= 4 is 39.1 Å². The van der Waals surface area contributed by atoms with Gasteiger partial charge in [-0.25, -0.2) is 0 Å². The average molecular weight is 347 g/mol. The van der Waals surface area contributed by atoms with E-state index in [1.54, 1.807) is 18.2 Å². The molecule has 0 heterocycles. The highest BCUT2D eigenvalue weighted by atomic mass is 79.9. The van der Waals surface area contributed by atoms with Crippen LogP contribution in [0.2, 0.25) is 10.0 Å². The highest BCUT2D eigenvalue weighted by Gasteiger charge is 2.09. The third-order valence-electron chi connectivity index (χ3n) is 2.39. The molecule has 0 saturated carbocycles. The van der Waals surface area contributed by atoms with Gasteiger partial charge in [-0.05, 0) is 30.3 Å². The van der Waals surface area contributed by atoms with Gasteiger partial charge in [0.15, 0.2) is 0 Å². The molecule has 0 fully saturated rings. The molecule has 0 unspecified atom stereocenters. The van der Waals surface area contributed by atoms with Gasteiger partial charge >= 0.3 is 0 Å². The third kappa shape index (κ3) is 2.98. The molecule has 5 heteroatoms. The van der Waals surface area contributed by atoms with Crippen LogP contribution in [0.25, 0.3) is 0 Å². The standard InChI is InChI=1S/C13H10BrCl2NO/c14-8-4-5-13(11(16)6-8)18-12-3-1-2-10(15)9(12)7-17/h1-6H,7,17H2. The molecule has 2 rings (SSSR count). The number of hydrogen-bond acceptors (Lipinski definition) is 2. The van der Waals surface area contributed by atoms with Crippen LogP contribution in [0, 0.1) is 0 Å². The second-order valence-electron chi connectivity index (χ2n) is 3.60. The van der Waals surface area contributed by atoms with E-state index in [2.05, 4.69) is 15.9 Å². The zero-order chi connectivity index (χ0) is 13.1. The van der Waals surface area contributed by atoms with Gasteiger partial charge in [0.25, 0.3) is 0 Å². The van der Waals surface area contributed by atoms with Crippen LogP contribution in [0.4, 0.5) is 0 Å². The first-order valence-electron chi connectivity index (χ1n) is 5.22. The molecule has 0 radical (unpaired) electrons. The maximum absolute atomic E-state index is 6.10. The van der Waals surface area contributed by atoms with Crippen molar-refractivity contribution in [3.8, 4) is 11.5 Å². The molecular formula is C13H10BrCl2NO. The molecule has 0 aromatic heterocycles. The fraction of sp³-hybridized carbons (Fsp3) is 0.0769. The normalized spacial score (nSPS) is 10.4. The van der Waals surface area contributed by atoms with Crippen LogP contribution >= 0.6 is 39.1 Å². The van der Waals surface area contributed by atoms with Crippen molar-refractivity contribution < 1.29 is 4.74 Å². The van der Waals surface area contributed by atoms with E-state index in [4.69, 9.17) is 33.7 Å². The van der Waals surface area contributed by atoms with E-state index >= 15 is 0 Å².